The molecule has 2 N–H and O–H groups in total. The van der Waals surface area contributed by atoms with Gasteiger partial charge >= 0.3 is 0 Å². The zero-order valence-electron chi connectivity index (χ0n) is 15.6. The molecule has 0 fully saturated rings. The molecule has 0 spiro atoms. The van der Waals surface area contributed by atoms with Crippen LogP contribution in [0.25, 0.3) is 0 Å². The molecule has 0 saturated carbocycles. The highest BCUT2D eigenvalue weighted by atomic mass is 32.2. The first kappa shape index (κ1) is 19.4. The third-order valence-corrected chi connectivity index (χ3v) is 5.86. The van der Waals surface area contributed by atoms with Gasteiger partial charge in [-0.1, -0.05) is 12.1 Å². The molecule has 1 aromatic heterocycles. The van der Waals surface area contributed by atoms with E-state index in [-0.39, 0.29) is 24.6 Å². The second-order valence-corrected chi connectivity index (χ2v) is 7.75. The minimum atomic E-state index is -1.51. The highest BCUT2D eigenvalue weighted by Gasteiger charge is 2.37. The van der Waals surface area contributed by atoms with Gasteiger partial charge in [0.1, 0.15) is 23.5 Å². The van der Waals surface area contributed by atoms with Crippen molar-refractivity contribution in [2.75, 3.05) is 24.3 Å². The Morgan fingerprint density at radius 3 is 2.79 bits per heavy atom. The number of ether oxygens (including phenoxy) is 1. The first-order valence-electron chi connectivity index (χ1n) is 8.93. The van der Waals surface area contributed by atoms with E-state index in [1.54, 1.807) is 24.1 Å². The molecule has 29 heavy (non-hydrogen) atoms. The molecule has 2 heterocycles. The van der Waals surface area contributed by atoms with Gasteiger partial charge in [0.15, 0.2) is 5.82 Å². The molecular formula is C20H19FN4O3S. The van der Waals surface area contributed by atoms with Gasteiger partial charge in [0.25, 0.3) is 0 Å². The van der Waals surface area contributed by atoms with Crippen LogP contribution in [0.2, 0.25) is 0 Å². The van der Waals surface area contributed by atoms with Crippen LogP contribution in [0.4, 0.5) is 10.1 Å². The van der Waals surface area contributed by atoms with Gasteiger partial charge in [-0.2, -0.15) is 5.10 Å². The lowest BCUT2D eigenvalue weighted by Crippen LogP contribution is -2.47. The van der Waals surface area contributed by atoms with Crippen molar-refractivity contribution in [1.29, 1.82) is 0 Å². The Bertz CT molecular complexity index is 1010. The lowest BCUT2D eigenvalue weighted by molar-refractivity contribution is -0.117. The Kier molecular flexibility index (Phi) is 5.25. The summed E-state index contributed by atoms with van der Waals surface area (Å²) in [4.78, 5) is 19.3. The van der Waals surface area contributed by atoms with E-state index in [9.17, 15) is 14.3 Å². The maximum Gasteiger partial charge on any atom is 0.237 e. The van der Waals surface area contributed by atoms with Crippen LogP contribution in [0, 0.1) is 5.82 Å². The highest BCUT2D eigenvalue weighted by molar-refractivity contribution is 8.00. The summed E-state index contributed by atoms with van der Waals surface area (Å²) in [7, 11) is 1.59. The Labute approximate surface area is 170 Å². The molecule has 3 aromatic rings. The normalized spacial score (nSPS) is 15.7. The zero-order valence-corrected chi connectivity index (χ0v) is 16.4. The molecule has 0 saturated heterocycles. The summed E-state index contributed by atoms with van der Waals surface area (Å²) >= 11 is 1.43. The Hall–Kier alpha value is -2.91. The maximum absolute atomic E-state index is 13.5. The molecule has 9 heteroatoms. The number of carbonyl (C=O) groups is 1. The van der Waals surface area contributed by atoms with E-state index in [0.717, 1.165) is 4.90 Å². The van der Waals surface area contributed by atoms with Crippen LogP contribution in [0.5, 0.6) is 5.75 Å². The van der Waals surface area contributed by atoms with Gasteiger partial charge < -0.3 is 14.7 Å². The van der Waals surface area contributed by atoms with Crippen molar-refractivity contribution in [3.8, 4) is 5.75 Å². The van der Waals surface area contributed by atoms with E-state index in [0.29, 0.717) is 22.8 Å². The molecule has 1 amide bonds. The van der Waals surface area contributed by atoms with E-state index >= 15 is 0 Å². The Balaban J connectivity index is 1.72. The number of hydrogen-bond acceptors (Lipinski definition) is 6. The summed E-state index contributed by atoms with van der Waals surface area (Å²) in [5.41, 5.74) is -0.336. The number of nitrogens with zero attached hydrogens (tertiary/aromatic N) is 3. The van der Waals surface area contributed by atoms with Gasteiger partial charge in [-0.15, -0.1) is 11.8 Å². The largest absolute Gasteiger partial charge is 0.497 e. The van der Waals surface area contributed by atoms with Gasteiger partial charge in [-0.05, 0) is 35.9 Å². The molecule has 4 rings (SSSR count). The zero-order chi connectivity index (χ0) is 20.4. The third-order valence-electron chi connectivity index (χ3n) is 4.83. The standard InChI is InChI=1S/C20H19FN4O3S/c1-28-15-6-7-16-17(8-15)29-10-19(26)25(16)11-20(27,9-18-22-12-23-24-18)13-2-4-14(21)5-3-13/h2-8,12,27H,9-11H2,1H3,(H,22,23,24). The van der Waals surface area contributed by atoms with E-state index in [4.69, 9.17) is 4.74 Å². The van der Waals surface area contributed by atoms with Crippen molar-refractivity contribution in [1.82, 2.24) is 15.2 Å². The number of methoxy groups -OCH3 is 1. The van der Waals surface area contributed by atoms with Gasteiger partial charge in [0, 0.05) is 11.3 Å². The van der Waals surface area contributed by atoms with Crippen LogP contribution >= 0.6 is 11.8 Å². The van der Waals surface area contributed by atoms with Crippen LogP contribution in [0.3, 0.4) is 0 Å². The quantitative estimate of drug-likeness (QED) is 0.644. The second-order valence-electron chi connectivity index (χ2n) is 6.73. The fraction of sp³-hybridized carbons (Fsp3) is 0.250. The molecule has 1 aliphatic heterocycles. The van der Waals surface area contributed by atoms with Gasteiger partial charge in [-0.3, -0.25) is 9.89 Å². The third kappa shape index (κ3) is 3.96. The first-order valence-corrected chi connectivity index (χ1v) is 9.91. The summed E-state index contributed by atoms with van der Waals surface area (Å²) in [6, 6.07) is 11.0. The fourth-order valence-electron chi connectivity index (χ4n) is 3.34. The van der Waals surface area contributed by atoms with Crippen molar-refractivity contribution in [2.45, 2.75) is 16.9 Å². The van der Waals surface area contributed by atoms with Crippen LogP contribution in [0.15, 0.2) is 53.7 Å². The van der Waals surface area contributed by atoms with Crippen LogP contribution < -0.4 is 9.64 Å². The molecule has 7 nitrogen and oxygen atoms in total. The number of fused-ring (bicyclic) bond motifs is 1. The smallest absolute Gasteiger partial charge is 0.237 e. The minimum absolute atomic E-state index is 0.0219. The Morgan fingerprint density at radius 2 is 2.10 bits per heavy atom. The number of amides is 1. The number of aromatic amines is 1. The number of aromatic nitrogens is 3. The number of rotatable bonds is 6. The van der Waals surface area contributed by atoms with E-state index < -0.39 is 11.4 Å². The van der Waals surface area contributed by atoms with Crippen molar-refractivity contribution < 1.29 is 19.0 Å². The molecule has 0 aliphatic carbocycles. The second kappa shape index (κ2) is 7.84. The van der Waals surface area contributed by atoms with E-state index in [1.807, 2.05) is 6.07 Å². The highest BCUT2D eigenvalue weighted by Crippen LogP contribution is 2.39. The predicted octanol–water partition coefficient (Wildman–Crippen LogP) is 2.52. The average Bonchev–Trinajstić information content (AvgIpc) is 3.23. The molecular weight excluding hydrogens is 395 g/mol. The Morgan fingerprint density at radius 1 is 1.31 bits per heavy atom. The number of hydrogen-bond donors (Lipinski definition) is 2. The van der Waals surface area contributed by atoms with Crippen LogP contribution in [-0.2, 0) is 16.8 Å². The first-order chi connectivity index (χ1) is 14.0. The number of β-amino-alcohol motifs (C(OH)–C–C–N with tert-alkyl or cyclic N) is 1. The average molecular weight is 414 g/mol. The van der Waals surface area contributed by atoms with Gasteiger partial charge in [-0.25, -0.2) is 9.37 Å². The molecule has 1 aliphatic rings. The van der Waals surface area contributed by atoms with E-state index in [1.165, 1.54) is 42.4 Å². The lowest BCUT2D eigenvalue weighted by Gasteiger charge is -2.37. The van der Waals surface area contributed by atoms with Gasteiger partial charge in [0.2, 0.25) is 5.91 Å². The van der Waals surface area contributed by atoms with Crippen LogP contribution in [-0.4, -0.2) is 45.6 Å². The summed E-state index contributed by atoms with van der Waals surface area (Å²) in [5, 5.41) is 18.3. The number of halogens is 1. The molecule has 0 radical (unpaired) electrons. The SMILES string of the molecule is COc1ccc2c(c1)SCC(=O)N2CC(O)(Cc1nc[nH]n1)c1ccc(F)cc1. The number of anilines is 1. The number of benzene rings is 2. The molecule has 0 bridgehead atoms. The lowest BCUT2D eigenvalue weighted by atomic mass is 9.89. The monoisotopic (exact) mass is 414 g/mol. The molecule has 1 unspecified atom stereocenters. The van der Waals surface area contributed by atoms with Crippen molar-refractivity contribution in [3.63, 3.8) is 0 Å². The number of thioether (sulfide) groups is 1. The van der Waals surface area contributed by atoms with Crippen LogP contribution in [0.1, 0.15) is 11.4 Å². The maximum atomic E-state index is 13.5. The number of nitrogens with one attached hydrogen (secondary N) is 1. The number of H-pyrrole nitrogens is 1. The van der Waals surface area contributed by atoms with Crippen molar-refractivity contribution >= 4 is 23.4 Å². The van der Waals surface area contributed by atoms with Crippen molar-refractivity contribution in [3.05, 3.63) is 66.0 Å². The molecule has 1 atom stereocenters. The topological polar surface area (TPSA) is 91.3 Å². The predicted molar refractivity (Wildman–Crippen MR) is 106 cm³/mol. The molecule has 2 aromatic carbocycles. The number of carbonyl (C=O) groups excluding carboxylic acids is 1. The van der Waals surface area contributed by atoms with E-state index in [2.05, 4.69) is 15.2 Å². The summed E-state index contributed by atoms with van der Waals surface area (Å²) < 4.78 is 18.7. The fourth-order valence-corrected chi connectivity index (χ4v) is 4.30. The molecule has 150 valence electrons. The summed E-state index contributed by atoms with van der Waals surface area (Å²) in [5.74, 6) is 0.811. The van der Waals surface area contributed by atoms with Gasteiger partial charge in [0.05, 0.1) is 25.1 Å². The summed E-state index contributed by atoms with van der Waals surface area (Å²) in [6.45, 7) is -0.0219. The van der Waals surface area contributed by atoms with Crippen molar-refractivity contribution in [2.24, 2.45) is 0 Å². The minimum Gasteiger partial charge on any atom is -0.497 e. The number of aliphatic hydroxyl groups is 1. The summed E-state index contributed by atoms with van der Waals surface area (Å²) in [6.07, 6.45) is 1.48.